The summed E-state index contributed by atoms with van der Waals surface area (Å²) in [5, 5.41) is 6.78. The molecule has 0 radical (unpaired) electrons. The molecule has 132 valence electrons. The molecule has 1 aromatic heterocycles. The monoisotopic (exact) mass is 386 g/mol. The quantitative estimate of drug-likeness (QED) is 0.629. The third-order valence-corrected chi connectivity index (χ3v) is 4.39. The minimum atomic E-state index is -0.304. The molecule has 5 nitrogen and oxygen atoms in total. The molecule has 0 fully saturated rings. The Morgan fingerprint density at radius 2 is 1.73 bits per heavy atom. The highest BCUT2D eigenvalue weighted by atomic mass is 35.5. The number of anilines is 3. The molecule has 3 aromatic rings. The minimum Gasteiger partial charge on any atom is -0.324 e. The molecule has 1 amide bonds. The van der Waals surface area contributed by atoms with E-state index in [1.807, 2.05) is 31.2 Å². The van der Waals surface area contributed by atoms with Gasteiger partial charge in [0.15, 0.2) is 0 Å². The van der Waals surface area contributed by atoms with Crippen molar-refractivity contribution in [3.63, 3.8) is 0 Å². The summed E-state index contributed by atoms with van der Waals surface area (Å²) in [4.78, 5) is 21.2. The van der Waals surface area contributed by atoms with Gasteiger partial charge >= 0.3 is 0 Å². The third kappa shape index (κ3) is 4.31. The summed E-state index contributed by atoms with van der Waals surface area (Å²) in [7, 11) is 0. The molecule has 0 unspecified atom stereocenters. The van der Waals surface area contributed by atoms with Crippen molar-refractivity contribution in [1.82, 2.24) is 9.97 Å². The minimum absolute atomic E-state index is 0.267. The summed E-state index contributed by atoms with van der Waals surface area (Å²) in [5.41, 5.74) is 3.32. The Balaban J connectivity index is 1.84. The number of aromatic nitrogens is 2. The van der Waals surface area contributed by atoms with Crippen molar-refractivity contribution in [1.29, 1.82) is 0 Å². The first-order valence-corrected chi connectivity index (χ1v) is 8.63. The Kier molecular flexibility index (Phi) is 5.40. The van der Waals surface area contributed by atoms with Crippen LogP contribution in [-0.4, -0.2) is 15.9 Å². The molecular weight excluding hydrogens is 371 g/mol. The van der Waals surface area contributed by atoms with Crippen LogP contribution >= 0.6 is 23.2 Å². The zero-order valence-corrected chi connectivity index (χ0v) is 15.7. The van der Waals surface area contributed by atoms with Gasteiger partial charge in [0.25, 0.3) is 5.91 Å². The van der Waals surface area contributed by atoms with Crippen molar-refractivity contribution in [2.75, 3.05) is 10.6 Å². The van der Waals surface area contributed by atoms with Gasteiger partial charge in [0.2, 0.25) is 5.95 Å². The fourth-order valence-corrected chi connectivity index (χ4v) is 2.64. The number of nitrogens with one attached hydrogen (secondary N) is 2. The summed E-state index contributed by atoms with van der Waals surface area (Å²) >= 11 is 11.9. The number of aryl methyl sites for hydroxylation is 2. The summed E-state index contributed by atoms with van der Waals surface area (Å²) in [6, 6.07) is 14.3. The summed E-state index contributed by atoms with van der Waals surface area (Å²) in [6.45, 7) is 3.73. The average Bonchev–Trinajstić information content (AvgIpc) is 2.59. The van der Waals surface area contributed by atoms with Crippen LogP contribution in [0.3, 0.4) is 0 Å². The van der Waals surface area contributed by atoms with E-state index in [0.717, 1.165) is 11.3 Å². The molecule has 2 N–H and O–H groups in total. The summed E-state index contributed by atoms with van der Waals surface area (Å²) < 4.78 is 0. The second-order valence-corrected chi connectivity index (χ2v) is 6.56. The first-order chi connectivity index (χ1) is 12.4. The van der Waals surface area contributed by atoms with Crippen molar-refractivity contribution in [3.8, 4) is 0 Å². The van der Waals surface area contributed by atoms with Gasteiger partial charge in [0.05, 0.1) is 10.0 Å². The molecule has 0 saturated heterocycles. The Bertz CT molecular complexity index is 976. The topological polar surface area (TPSA) is 66.9 Å². The lowest BCUT2D eigenvalue weighted by molar-refractivity contribution is 0.102. The third-order valence-electron chi connectivity index (χ3n) is 3.66. The van der Waals surface area contributed by atoms with Gasteiger partial charge < -0.3 is 10.6 Å². The number of hydrogen-bond donors (Lipinski definition) is 2. The Labute approximate surface area is 161 Å². The maximum absolute atomic E-state index is 12.6. The average molecular weight is 387 g/mol. The van der Waals surface area contributed by atoms with Crippen LogP contribution < -0.4 is 10.6 Å². The highest BCUT2D eigenvalue weighted by molar-refractivity contribution is 6.42. The molecule has 2 aromatic carbocycles. The fraction of sp³-hybridized carbons (Fsp3) is 0.105. The van der Waals surface area contributed by atoms with E-state index in [0.29, 0.717) is 27.4 Å². The maximum Gasteiger partial charge on any atom is 0.274 e. The molecule has 26 heavy (non-hydrogen) atoms. The number of amides is 1. The van der Waals surface area contributed by atoms with Gasteiger partial charge in [-0.15, -0.1) is 0 Å². The van der Waals surface area contributed by atoms with Crippen LogP contribution in [0.15, 0.2) is 48.5 Å². The van der Waals surface area contributed by atoms with Gasteiger partial charge in [-0.05, 0) is 49.7 Å². The normalized spacial score (nSPS) is 10.5. The van der Waals surface area contributed by atoms with Crippen molar-refractivity contribution >= 4 is 46.4 Å². The van der Waals surface area contributed by atoms with Crippen LogP contribution in [-0.2, 0) is 0 Å². The van der Waals surface area contributed by atoms with Crippen molar-refractivity contribution in [3.05, 3.63) is 75.5 Å². The van der Waals surface area contributed by atoms with Gasteiger partial charge in [-0.3, -0.25) is 4.79 Å². The Morgan fingerprint density at radius 3 is 2.46 bits per heavy atom. The lowest BCUT2D eigenvalue weighted by atomic mass is 10.2. The summed E-state index contributed by atoms with van der Waals surface area (Å²) in [5.74, 6) is 0.000288. The smallest absolute Gasteiger partial charge is 0.274 e. The van der Waals surface area contributed by atoms with Gasteiger partial charge in [-0.1, -0.05) is 41.4 Å². The SMILES string of the molecule is Cc1cc(C(=O)Nc2ccccc2C)nc(Nc2ccc(Cl)c(Cl)c2)n1. The van der Waals surface area contributed by atoms with Crippen molar-refractivity contribution in [2.45, 2.75) is 13.8 Å². The second-order valence-electron chi connectivity index (χ2n) is 5.74. The number of carbonyl (C=O) groups is 1. The number of carbonyl (C=O) groups excluding carboxylic acids is 1. The van der Waals surface area contributed by atoms with E-state index in [4.69, 9.17) is 23.2 Å². The number of benzene rings is 2. The molecule has 0 aliphatic carbocycles. The van der Waals surface area contributed by atoms with E-state index in [2.05, 4.69) is 20.6 Å². The predicted molar refractivity (Wildman–Crippen MR) is 106 cm³/mol. The number of nitrogens with zero attached hydrogens (tertiary/aromatic N) is 2. The van der Waals surface area contributed by atoms with E-state index in [1.54, 1.807) is 31.2 Å². The molecule has 0 atom stereocenters. The van der Waals surface area contributed by atoms with Crippen LogP contribution in [0.1, 0.15) is 21.7 Å². The zero-order chi connectivity index (χ0) is 18.7. The number of para-hydroxylation sites is 1. The number of rotatable bonds is 4. The molecule has 7 heteroatoms. The van der Waals surface area contributed by atoms with E-state index < -0.39 is 0 Å². The van der Waals surface area contributed by atoms with Gasteiger partial charge in [-0.2, -0.15) is 0 Å². The highest BCUT2D eigenvalue weighted by Gasteiger charge is 2.12. The molecule has 0 aliphatic heterocycles. The molecule has 1 heterocycles. The van der Waals surface area contributed by atoms with Crippen LogP contribution in [0.5, 0.6) is 0 Å². The predicted octanol–water partition coefficient (Wildman–Crippen LogP) is 5.40. The van der Waals surface area contributed by atoms with Crippen molar-refractivity contribution < 1.29 is 4.79 Å². The largest absolute Gasteiger partial charge is 0.324 e. The van der Waals surface area contributed by atoms with Crippen molar-refractivity contribution in [2.24, 2.45) is 0 Å². The van der Waals surface area contributed by atoms with Crippen LogP contribution in [0.25, 0.3) is 0 Å². The molecule has 0 bridgehead atoms. The zero-order valence-electron chi connectivity index (χ0n) is 14.2. The standard InChI is InChI=1S/C19H16Cl2N4O/c1-11-5-3-4-6-16(11)24-18(26)17-9-12(2)22-19(25-17)23-13-7-8-14(20)15(21)10-13/h3-10H,1-2H3,(H,24,26)(H,22,23,25). The Morgan fingerprint density at radius 1 is 0.962 bits per heavy atom. The maximum atomic E-state index is 12.6. The number of halogens is 2. The van der Waals surface area contributed by atoms with Crippen LogP contribution in [0.4, 0.5) is 17.3 Å². The molecule has 3 rings (SSSR count). The van der Waals surface area contributed by atoms with Gasteiger partial charge in [-0.25, -0.2) is 9.97 Å². The van der Waals surface area contributed by atoms with E-state index in [-0.39, 0.29) is 11.6 Å². The van der Waals surface area contributed by atoms with Crippen LogP contribution in [0, 0.1) is 13.8 Å². The first-order valence-electron chi connectivity index (χ1n) is 7.87. The Hall–Kier alpha value is -2.63. The highest BCUT2D eigenvalue weighted by Crippen LogP contribution is 2.26. The number of hydrogen-bond acceptors (Lipinski definition) is 4. The molecular formula is C19H16Cl2N4O. The molecule has 0 aliphatic rings. The van der Waals surface area contributed by atoms with Crippen LogP contribution in [0.2, 0.25) is 10.0 Å². The lowest BCUT2D eigenvalue weighted by Crippen LogP contribution is -2.16. The summed E-state index contributed by atoms with van der Waals surface area (Å²) in [6.07, 6.45) is 0. The first kappa shape index (κ1) is 18.2. The van der Waals surface area contributed by atoms with E-state index in [1.165, 1.54) is 0 Å². The molecule has 0 saturated carbocycles. The van der Waals surface area contributed by atoms with Gasteiger partial charge in [0, 0.05) is 17.1 Å². The molecule has 0 spiro atoms. The lowest BCUT2D eigenvalue weighted by Gasteiger charge is -2.10. The fourth-order valence-electron chi connectivity index (χ4n) is 2.34. The van der Waals surface area contributed by atoms with Gasteiger partial charge in [0.1, 0.15) is 5.69 Å². The van der Waals surface area contributed by atoms with E-state index >= 15 is 0 Å². The second kappa shape index (κ2) is 7.72. The van der Waals surface area contributed by atoms with E-state index in [9.17, 15) is 4.79 Å².